The Morgan fingerprint density at radius 2 is 1.88 bits per heavy atom. The highest BCUT2D eigenvalue weighted by atomic mass is 19.1. The predicted octanol–water partition coefficient (Wildman–Crippen LogP) is 3.87. The van der Waals surface area contributed by atoms with Crippen molar-refractivity contribution in [3.63, 3.8) is 0 Å². The van der Waals surface area contributed by atoms with Crippen molar-refractivity contribution in [3.8, 4) is 11.1 Å². The molecular weight excluding hydrogens is 329 g/mol. The van der Waals surface area contributed by atoms with Crippen molar-refractivity contribution in [2.24, 2.45) is 7.05 Å². The summed E-state index contributed by atoms with van der Waals surface area (Å²) in [7, 11) is 1.85. The Morgan fingerprint density at radius 3 is 2.58 bits per heavy atom. The van der Waals surface area contributed by atoms with Gasteiger partial charge in [-0.2, -0.15) is 5.10 Å². The number of carbonyl (C=O) groups excluding carboxylic acids is 1. The number of nitrogens with zero attached hydrogens (tertiary/aromatic N) is 2. The van der Waals surface area contributed by atoms with Crippen LogP contribution < -0.4 is 5.32 Å². The van der Waals surface area contributed by atoms with Crippen molar-refractivity contribution in [1.82, 2.24) is 15.1 Å². The lowest BCUT2D eigenvalue weighted by molar-refractivity contribution is -0.121. The van der Waals surface area contributed by atoms with Gasteiger partial charge in [0, 0.05) is 37.3 Å². The Bertz CT molecular complexity index is 871. The third-order valence-corrected chi connectivity index (χ3v) is 4.26. The van der Waals surface area contributed by atoms with Gasteiger partial charge in [-0.05, 0) is 30.0 Å². The van der Waals surface area contributed by atoms with Crippen LogP contribution in [0.25, 0.3) is 11.1 Å². The zero-order valence-electron chi connectivity index (χ0n) is 14.8. The molecule has 5 heteroatoms. The molecule has 0 fully saturated rings. The lowest BCUT2D eigenvalue weighted by Crippen LogP contribution is -2.22. The van der Waals surface area contributed by atoms with Crippen LogP contribution in [0.4, 0.5) is 4.39 Å². The largest absolute Gasteiger partial charge is 0.352 e. The average Bonchev–Trinajstić information content (AvgIpc) is 3.06. The fraction of sp³-hybridized carbons (Fsp3) is 0.238. The zero-order chi connectivity index (χ0) is 18.4. The summed E-state index contributed by atoms with van der Waals surface area (Å²) in [5, 5.41) is 6.97. The molecule has 0 atom stereocenters. The van der Waals surface area contributed by atoms with Gasteiger partial charge in [0.15, 0.2) is 0 Å². The summed E-state index contributed by atoms with van der Waals surface area (Å²) < 4.78 is 15.5. The maximum Gasteiger partial charge on any atom is 0.220 e. The van der Waals surface area contributed by atoms with Gasteiger partial charge in [-0.15, -0.1) is 0 Å². The van der Waals surface area contributed by atoms with E-state index in [-0.39, 0.29) is 11.7 Å². The quantitative estimate of drug-likeness (QED) is 0.702. The van der Waals surface area contributed by atoms with Crippen molar-refractivity contribution in [1.29, 1.82) is 0 Å². The van der Waals surface area contributed by atoms with E-state index in [1.54, 1.807) is 23.0 Å². The summed E-state index contributed by atoms with van der Waals surface area (Å²) in [6.45, 7) is 0.504. The minimum absolute atomic E-state index is 0.0387. The first-order chi connectivity index (χ1) is 12.6. The molecule has 0 aliphatic carbocycles. The first-order valence-electron chi connectivity index (χ1n) is 8.70. The van der Waals surface area contributed by atoms with E-state index in [4.69, 9.17) is 0 Å². The number of carbonyl (C=O) groups is 1. The normalized spacial score (nSPS) is 10.7. The van der Waals surface area contributed by atoms with Crippen molar-refractivity contribution in [2.45, 2.75) is 25.8 Å². The molecule has 0 aliphatic rings. The van der Waals surface area contributed by atoms with E-state index in [2.05, 4.69) is 10.4 Å². The Hall–Kier alpha value is -2.95. The van der Waals surface area contributed by atoms with Crippen molar-refractivity contribution >= 4 is 5.91 Å². The van der Waals surface area contributed by atoms with Gasteiger partial charge >= 0.3 is 0 Å². The van der Waals surface area contributed by atoms with Crippen LogP contribution in [0.3, 0.4) is 0 Å². The van der Waals surface area contributed by atoms with E-state index in [9.17, 15) is 9.18 Å². The van der Waals surface area contributed by atoms with Gasteiger partial charge in [-0.1, -0.05) is 42.5 Å². The number of aryl methyl sites for hydroxylation is 2. The molecule has 4 nitrogen and oxygen atoms in total. The van der Waals surface area contributed by atoms with E-state index in [1.165, 1.54) is 6.07 Å². The summed E-state index contributed by atoms with van der Waals surface area (Å²) in [4.78, 5) is 11.9. The van der Waals surface area contributed by atoms with Crippen LogP contribution in [-0.4, -0.2) is 15.7 Å². The summed E-state index contributed by atoms with van der Waals surface area (Å²) in [6, 6.07) is 14.6. The van der Waals surface area contributed by atoms with Gasteiger partial charge in [0.1, 0.15) is 5.82 Å². The zero-order valence-corrected chi connectivity index (χ0v) is 14.8. The maximum atomic E-state index is 13.8. The third-order valence-electron chi connectivity index (χ3n) is 4.26. The minimum atomic E-state index is -0.217. The lowest BCUT2D eigenvalue weighted by atomic mass is 10.0. The first kappa shape index (κ1) is 17.9. The summed E-state index contributed by atoms with van der Waals surface area (Å²) in [6.07, 6.45) is 5.71. The fourth-order valence-electron chi connectivity index (χ4n) is 2.85. The molecule has 0 aliphatic heterocycles. The molecular formula is C21H22FN3O. The number of amides is 1. The van der Waals surface area contributed by atoms with Crippen LogP contribution in [0.15, 0.2) is 60.9 Å². The molecule has 0 saturated heterocycles. The molecule has 0 unspecified atom stereocenters. The smallest absolute Gasteiger partial charge is 0.220 e. The molecule has 0 radical (unpaired) electrons. The lowest BCUT2D eigenvalue weighted by Gasteiger charge is -2.06. The van der Waals surface area contributed by atoms with Crippen LogP contribution >= 0.6 is 0 Å². The van der Waals surface area contributed by atoms with E-state index in [0.29, 0.717) is 18.5 Å². The molecule has 0 bridgehead atoms. The maximum absolute atomic E-state index is 13.8. The number of aromatic nitrogens is 2. The topological polar surface area (TPSA) is 46.9 Å². The van der Waals surface area contributed by atoms with Gasteiger partial charge in [-0.3, -0.25) is 9.48 Å². The minimum Gasteiger partial charge on any atom is -0.352 e. The van der Waals surface area contributed by atoms with Crippen molar-refractivity contribution < 1.29 is 9.18 Å². The van der Waals surface area contributed by atoms with Gasteiger partial charge < -0.3 is 5.32 Å². The Balaban J connectivity index is 1.45. The molecule has 1 amide bonds. The molecule has 134 valence electrons. The van der Waals surface area contributed by atoms with Crippen molar-refractivity contribution in [2.75, 3.05) is 0 Å². The molecule has 1 heterocycles. The second kappa shape index (κ2) is 8.43. The molecule has 0 saturated carbocycles. The summed E-state index contributed by atoms with van der Waals surface area (Å²) in [5.41, 5.74) is 3.60. The second-order valence-electron chi connectivity index (χ2n) is 6.33. The van der Waals surface area contributed by atoms with Gasteiger partial charge in [0.2, 0.25) is 5.91 Å². The highest BCUT2D eigenvalue weighted by molar-refractivity contribution is 5.75. The van der Waals surface area contributed by atoms with E-state index in [1.807, 2.05) is 43.6 Å². The van der Waals surface area contributed by atoms with E-state index >= 15 is 0 Å². The Morgan fingerprint density at radius 1 is 1.12 bits per heavy atom. The molecule has 26 heavy (non-hydrogen) atoms. The number of rotatable bonds is 7. The predicted molar refractivity (Wildman–Crippen MR) is 99.8 cm³/mol. The van der Waals surface area contributed by atoms with Crippen LogP contribution in [0, 0.1) is 5.82 Å². The standard InChI is InChI=1S/C21H22FN3O/c1-25-15-17(14-24-25)13-23-21(26)8-4-5-16-9-11-18(12-10-16)19-6-2-3-7-20(19)22/h2-3,6-7,9-12,14-15H,4-5,8,13H2,1H3,(H,23,26). The third kappa shape index (κ3) is 4.79. The van der Waals surface area contributed by atoms with E-state index in [0.717, 1.165) is 29.5 Å². The fourth-order valence-corrected chi connectivity index (χ4v) is 2.85. The second-order valence-corrected chi connectivity index (χ2v) is 6.33. The Labute approximate surface area is 152 Å². The highest BCUT2D eigenvalue weighted by Gasteiger charge is 2.05. The SMILES string of the molecule is Cn1cc(CNC(=O)CCCc2ccc(-c3ccccc3F)cc2)cn1. The Kier molecular flexibility index (Phi) is 5.79. The monoisotopic (exact) mass is 351 g/mol. The molecule has 1 N–H and O–H groups in total. The van der Waals surface area contributed by atoms with Crippen LogP contribution in [0.1, 0.15) is 24.0 Å². The molecule has 2 aromatic carbocycles. The average molecular weight is 351 g/mol. The van der Waals surface area contributed by atoms with Gasteiger partial charge in [-0.25, -0.2) is 4.39 Å². The van der Waals surface area contributed by atoms with Gasteiger partial charge in [0.05, 0.1) is 6.20 Å². The highest BCUT2D eigenvalue weighted by Crippen LogP contribution is 2.23. The first-order valence-corrected chi connectivity index (χ1v) is 8.70. The number of hydrogen-bond donors (Lipinski definition) is 1. The number of nitrogens with one attached hydrogen (secondary N) is 1. The van der Waals surface area contributed by atoms with E-state index < -0.39 is 0 Å². The van der Waals surface area contributed by atoms with Gasteiger partial charge in [0.25, 0.3) is 0 Å². The van der Waals surface area contributed by atoms with Crippen LogP contribution in [0.2, 0.25) is 0 Å². The van der Waals surface area contributed by atoms with Crippen LogP contribution in [0.5, 0.6) is 0 Å². The number of hydrogen-bond acceptors (Lipinski definition) is 2. The number of halogens is 1. The van der Waals surface area contributed by atoms with Crippen molar-refractivity contribution in [3.05, 3.63) is 77.9 Å². The summed E-state index contributed by atoms with van der Waals surface area (Å²) >= 11 is 0. The summed E-state index contributed by atoms with van der Waals surface area (Å²) in [5.74, 6) is -0.178. The molecule has 3 rings (SSSR count). The molecule has 1 aromatic heterocycles. The van der Waals surface area contributed by atoms with Crippen LogP contribution in [-0.2, 0) is 24.8 Å². The molecule has 0 spiro atoms. The number of benzene rings is 2. The molecule has 3 aromatic rings.